The molecule has 102 valence electrons. The van der Waals surface area contributed by atoms with Crippen molar-refractivity contribution in [2.75, 3.05) is 5.73 Å². The summed E-state index contributed by atoms with van der Waals surface area (Å²) in [5.41, 5.74) is 7.32. The van der Waals surface area contributed by atoms with Gasteiger partial charge in [0.15, 0.2) is 5.82 Å². The van der Waals surface area contributed by atoms with Crippen LogP contribution < -0.4 is 5.73 Å². The van der Waals surface area contributed by atoms with Crippen LogP contribution in [0.2, 0.25) is 10.0 Å². The van der Waals surface area contributed by atoms with Crippen molar-refractivity contribution in [2.24, 2.45) is 5.92 Å². The van der Waals surface area contributed by atoms with Crippen molar-refractivity contribution in [3.05, 3.63) is 34.0 Å². The standard InChI is InChI=1S/C14H16Cl2N2O/c1-7(2)8(3)13-12(14(17)18-19-13)11-9(15)5-4-6-10(11)16/h4-8H,1-3H3,(H2,17,18). The van der Waals surface area contributed by atoms with Gasteiger partial charge in [-0.05, 0) is 18.1 Å². The molecule has 2 aromatic rings. The van der Waals surface area contributed by atoms with Gasteiger partial charge >= 0.3 is 0 Å². The summed E-state index contributed by atoms with van der Waals surface area (Å²) in [6.07, 6.45) is 0. The molecule has 1 atom stereocenters. The van der Waals surface area contributed by atoms with Gasteiger partial charge in [-0.1, -0.05) is 55.2 Å². The predicted molar refractivity (Wildman–Crippen MR) is 79.6 cm³/mol. The fourth-order valence-corrected chi connectivity index (χ4v) is 2.50. The number of rotatable bonds is 3. The lowest BCUT2D eigenvalue weighted by atomic mass is 9.90. The Morgan fingerprint density at radius 1 is 1.11 bits per heavy atom. The molecule has 0 aliphatic carbocycles. The number of hydrogen-bond donors (Lipinski definition) is 1. The van der Waals surface area contributed by atoms with Gasteiger partial charge in [0.05, 0.1) is 15.6 Å². The van der Waals surface area contributed by atoms with Gasteiger partial charge in [-0.25, -0.2) is 0 Å². The maximum Gasteiger partial charge on any atom is 0.175 e. The van der Waals surface area contributed by atoms with Crippen molar-refractivity contribution < 1.29 is 4.52 Å². The van der Waals surface area contributed by atoms with E-state index >= 15 is 0 Å². The Bertz CT molecular complexity index is 573. The van der Waals surface area contributed by atoms with Gasteiger partial charge in [0, 0.05) is 11.5 Å². The summed E-state index contributed by atoms with van der Waals surface area (Å²) < 4.78 is 5.39. The van der Waals surface area contributed by atoms with Crippen molar-refractivity contribution in [3.8, 4) is 11.1 Å². The van der Waals surface area contributed by atoms with Crippen LogP contribution in [-0.2, 0) is 0 Å². The minimum absolute atomic E-state index is 0.173. The molecule has 19 heavy (non-hydrogen) atoms. The largest absolute Gasteiger partial charge is 0.380 e. The second-order valence-electron chi connectivity index (χ2n) is 4.94. The summed E-state index contributed by atoms with van der Waals surface area (Å²) in [4.78, 5) is 0. The average Bonchev–Trinajstić information content (AvgIpc) is 2.70. The zero-order valence-electron chi connectivity index (χ0n) is 11.1. The Balaban J connectivity index is 2.66. The molecule has 0 fully saturated rings. The zero-order valence-corrected chi connectivity index (χ0v) is 12.6. The number of halogens is 2. The molecule has 0 bridgehead atoms. The lowest BCUT2D eigenvalue weighted by Gasteiger charge is -2.15. The van der Waals surface area contributed by atoms with Crippen LogP contribution in [0.15, 0.2) is 22.7 Å². The molecule has 1 aromatic carbocycles. The third-order valence-corrected chi connectivity index (χ3v) is 4.00. The molecule has 1 unspecified atom stereocenters. The minimum Gasteiger partial charge on any atom is -0.380 e. The average molecular weight is 299 g/mol. The molecular weight excluding hydrogens is 283 g/mol. The summed E-state index contributed by atoms with van der Waals surface area (Å²) >= 11 is 12.5. The highest BCUT2D eigenvalue weighted by atomic mass is 35.5. The number of benzene rings is 1. The van der Waals surface area contributed by atoms with Crippen LogP contribution in [0.4, 0.5) is 5.82 Å². The smallest absolute Gasteiger partial charge is 0.175 e. The van der Waals surface area contributed by atoms with E-state index in [0.717, 1.165) is 5.76 Å². The second-order valence-corrected chi connectivity index (χ2v) is 5.75. The maximum atomic E-state index is 6.24. The topological polar surface area (TPSA) is 52.0 Å². The predicted octanol–water partition coefficient (Wildman–Crippen LogP) is 4.99. The van der Waals surface area contributed by atoms with E-state index in [1.165, 1.54) is 0 Å². The van der Waals surface area contributed by atoms with Crippen LogP contribution in [0.3, 0.4) is 0 Å². The number of nitrogens with two attached hydrogens (primary N) is 1. The molecule has 3 nitrogen and oxygen atoms in total. The molecule has 2 N–H and O–H groups in total. The minimum atomic E-state index is 0.173. The quantitative estimate of drug-likeness (QED) is 0.868. The van der Waals surface area contributed by atoms with Gasteiger partial charge in [0.2, 0.25) is 0 Å². The van der Waals surface area contributed by atoms with Crippen LogP contribution in [0, 0.1) is 5.92 Å². The van der Waals surface area contributed by atoms with E-state index in [4.69, 9.17) is 33.5 Å². The number of aromatic nitrogens is 1. The molecule has 2 rings (SSSR count). The van der Waals surface area contributed by atoms with Crippen LogP contribution in [0.25, 0.3) is 11.1 Å². The lowest BCUT2D eigenvalue weighted by molar-refractivity contribution is 0.341. The number of nitrogen functional groups attached to an aromatic ring is 1. The van der Waals surface area contributed by atoms with Crippen LogP contribution in [0.1, 0.15) is 32.4 Å². The fourth-order valence-electron chi connectivity index (χ4n) is 1.92. The highest BCUT2D eigenvalue weighted by Gasteiger charge is 2.25. The molecule has 0 spiro atoms. The first-order chi connectivity index (χ1) is 8.93. The SMILES string of the molecule is CC(C)C(C)c1onc(N)c1-c1c(Cl)cccc1Cl. The van der Waals surface area contributed by atoms with Gasteiger partial charge in [-0.15, -0.1) is 0 Å². The molecule has 1 aromatic heterocycles. The van der Waals surface area contributed by atoms with E-state index in [1.807, 2.05) is 0 Å². The summed E-state index contributed by atoms with van der Waals surface area (Å²) in [7, 11) is 0. The summed E-state index contributed by atoms with van der Waals surface area (Å²) in [5.74, 6) is 1.61. The van der Waals surface area contributed by atoms with Crippen molar-refractivity contribution in [1.29, 1.82) is 0 Å². The molecule has 0 radical (unpaired) electrons. The highest BCUT2D eigenvalue weighted by molar-refractivity contribution is 6.39. The second kappa shape index (κ2) is 5.43. The number of anilines is 1. The van der Waals surface area contributed by atoms with E-state index in [1.54, 1.807) is 18.2 Å². The van der Waals surface area contributed by atoms with Crippen molar-refractivity contribution in [1.82, 2.24) is 5.16 Å². The van der Waals surface area contributed by atoms with Gasteiger partial charge < -0.3 is 10.3 Å². The Morgan fingerprint density at radius 3 is 2.21 bits per heavy atom. The first-order valence-electron chi connectivity index (χ1n) is 6.13. The Morgan fingerprint density at radius 2 is 1.68 bits per heavy atom. The van der Waals surface area contributed by atoms with Crippen molar-refractivity contribution in [2.45, 2.75) is 26.7 Å². The molecule has 0 saturated carbocycles. The molecule has 0 amide bonds. The lowest BCUT2D eigenvalue weighted by Crippen LogP contribution is -2.03. The van der Waals surface area contributed by atoms with Gasteiger partial charge in [0.25, 0.3) is 0 Å². The molecule has 1 heterocycles. The van der Waals surface area contributed by atoms with E-state index < -0.39 is 0 Å². The number of hydrogen-bond acceptors (Lipinski definition) is 3. The van der Waals surface area contributed by atoms with Crippen LogP contribution in [-0.4, -0.2) is 5.16 Å². The molecular formula is C14H16Cl2N2O. The Kier molecular flexibility index (Phi) is 4.07. The van der Waals surface area contributed by atoms with Crippen molar-refractivity contribution >= 4 is 29.0 Å². The molecule has 0 aliphatic rings. The fraction of sp³-hybridized carbons (Fsp3) is 0.357. The van der Waals surface area contributed by atoms with Gasteiger partial charge in [-0.3, -0.25) is 0 Å². The first kappa shape index (κ1) is 14.2. The summed E-state index contributed by atoms with van der Waals surface area (Å²) in [6, 6.07) is 5.35. The first-order valence-corrected chi connectivity index (χ1v) is 6.88. The Hall–Kier alpha value is -1.19. The van der Waals surface area contributed by atoms with Gasteiger partial charge in [-0.2, -0.15) is 0 Å². The van der Waals surface area contributed by atoms with E-state index in [2.05, 4.69) is 25.9 Å². The van der Waals surface area contributed by atoms with Crippen LogP contribution in [0.5, 0.6) is 0 Å². The van der Waals surface area contributed by atoms with E-state index in [-0.39, 0.29) is 5.92 Å². The Labute approximate surface area is 122 Å². The third-order valence-electron chi connectivity index (χ3n) is 3.37. The molecule has 0 saturated heterocycles. The highest BCUT2D eigenvalue weighted by Crippen LogP contribution is 2.43. The van der Waals surface area contributed by atoms with Crippen LogP contribution >= 0.6 is 23.2 Å². The summed E-state index contributed by atoms with van der Waals surface area (Å²) in [5, 5.41) is 4.95. The molecule has 0 aliphatic heterocycles. The van der Waals surface area contributed by atoms with E-state index in [0.29, 0.717) is 32.9 Å². The van der Waals surface area contributed by atoms with Gasteiger partial charge in [0.1, 0.15) is 5.76 Å². The normalized spacial score (nSPS) is 12.9. The maximum absolute atomic E-state index is 6.24. The molecule has 5 heteroatoms. The monoisotopic (exact) mass is 298 g/mol. The summed E-state index contributed by atoms with van der Waals surface area (Å²) in [6.45, 7) is 6.29. The van der Waals surface area contributed by atoms with Crippen molar-refractivity contribution in [3.63, 3.8) is 0 Å². The number of nitrogens with zero attached hydrogens (tertiary/aromatic N) is 1. The van der Waals surface area contributed by atoms with E-state index in [9.17, 15) is 0 Å². The third kappa shape index (κ3) is 2.58. The zero-order chi connectivity index (χ0) is 14.2.